The third kappa shape index (κ3) is 1.53. The summed E-state index contributed by atoms with van der Waals surface area (Å²) in [6.45, 7) is 1.45. The molecule has 0 aliphatic carbocycles. The van der Waals surface area contributed by atoms with Gasteiger partial charge in [-0.15, -0.1) is 11.8 Å². The van der Waals surface area contributed by atoms with E-state index in [-0.39, 0.29) is 17.9 Å². The van der Waals surface area contributed by atoms with Gasteiger partial charge in [0.2, 0.25) is 5.91 Å². The number of likely N-dealkylation sites (tertiary alicyclic amines) is 1. The lowest BCUT2D eigenvalue weighted by molar-refractivity contribution is -0.136. The van der Waals surface area contributed by atoms with E-state index in [4.69, 9.17) is 5.73 Å². The third-order valence-corrected chi connectivity index (χ3v) is 4.40. The van der Waals surface area contributed by atoms with Crippen molar-refractivity contribution in [1.29, 1.82) is 0 Å². The van der Waals surface area contributed by atoms with E-state index < -0.39 is 0 Å². The molecule has 2 N–H and O–H groups in total. The van der Waals surface area contributed by atoms with Crippen LogP contribution in [-0.4, -0.2) is 35.7 Å². The van der Waals surface area contributed by atoms with E-state index in [0.29, 0.717) is 0 Å². The zero-order chi connectivity index (χ0) is 11.1. The van der Waals surface area contributed by atoms with Crippen molar-refractivity contribution >= 4 is 17.7 Å². The minimum atomic E-state index is 0.0497. The van der Waals surface area contributed by atoms with Crippen LogP contribution in [0.2, 0.25) is 0 Å². The number of carbonyl (C=O) groups excluding carboxylic acids is 1. The van der Waals surface area contributed by atoms with Gasteiger partial charge in [-0.2, -0.15) is 0 Å². The summed E-state index contributed by atoms with van der Waals surface area (Å²) in [5, 5.41) is 0. The molecular formula is C12H14N2OS. The van der Waals surface area contributed by atoms with Crippen molar-refractivity contribution in [2.45, 2.75) is 16.9 Å². The van der Waals surface area contributed by atoms with Gasteiger partial charge in [0.25, 0.3) is 0 Å². The number of nitrogens with zero attached hydrogens (tertiary/aromatic N) is 1. The zero-order valence-corrected chi connectivity index (χ0v) is 9.74. The first kappa shape index (κ1) is 10.2. The highest BCUT2D eigenvalue weighted by Gasteiger charge is 2.36. The normalized spacial score (nSPS) is 24.1. The quantitative estimate of drug-likeness (QED) is 0.790. The largest absolute Gasteiger partial charge is 0.339 e. The molecule has 1 amide bonds. The van der Waals surface area contributed by atoms with Gasteiger partial charge in [-0.25, -0.2) is 0 Å². The van der Waals surface area contributed by atoms with Gasteiger partial charge >= 0.3 is 0 Å². The van der Waals surface area contributed by atoms with Crippen molar-refractivity contribution in [3.63, 3.8) is 0 Å². The summed E-state index contributed by atoms with van der Waals surface area (Å²) >= 11 is 1.78. The molecule has 0 aromatic heterocycles. The molecule has 1 atom stereocenters. The molecule has 0 spiro atoms. The fourth-order valence-corrected chi connectivity index (χ4v) is 3.50. The van der Waals surface area contributed by atoms with E-state index in [1.54, 1.807) is 11.8 Å². The van der Waals surface area contributed by atoms with E-state index >= 15 is 0 Å². The van der Waals surface area contributed by atoms with Crippen molar-refractivity contribution in [3.8, 4) is 0 Å². The van der Waals surface area contributed by atoms with Crippen molar-refractivity contribution in [2.24, 2.45) is 5.73 Å². The Labute approximate surface area is 99.0 Å². The molecule has 1 fully saturated rings. The number of carbonyl (C=O) groups is 1. The number of fused-ring (bicyclic) bond motifs is 1. The van der Waals surface area contributed by atoms with Crippen LogP contribution in [0.5, 0.6) is 0 Å². The van der Waals surface area contributed by atoms with Crippen LogP contribution in [0.4, 0.5) is 0 Å². The molecule has 0 bridgehead atoms. The van der Waals surface area contributed by atoms with E-state index in [0.717, 1.165) is 18.8 Å². The van der Waals surface area contributed by atoms with Crippen molar-refractivity contribution < 1.29 is 4.79 Å². The Morgan fingerprint density at radius 1 is 1.38 bits per heavy atom. The molecule has 2 aliphatic rings. The molecular weight excluding hydrogens is 220 g/mol. The molecule has 2 aliphatic heterocycles. The fraction of sp³-hybridized carbons (Fsp3) is 0.417. The Hall–Kier alpha value is -1.00. The van der Waals surface area contributed by atoms with Gasteiger partial charge in [-0.05, 0) is 11.6 Å². The molecule has 3 rings (SSSR count). The molecule has 2 heterocycles. The number of benzene rings is 1. The average molecular weight is 234 g/mol. The van der Waals surface area contributed by atoms with Gasteiger partial charge in [0.1, 0.15) is 0 Å². The number of thioether (sulfide) groups is 1. The van der Waals surface area contributed by atoms with E-state index in [1.165, 1.54) is 10.5 Å². The molecule has 84 valence electrons. The van der Waals surface area contributed by atoms with E-state index in [2.05, 4.69) is 12.1 Å². The monoisotopic (exact) mass is 234 g/mol. The third-order valence-electron chi connectivity index (χ3n) is 3.22. The van der Waals surface area contributed by atoms with Gasteiger partial charge in [0.05, 0.1) is 5.92 Å². The summed E-state index contributed by atoms with van der Waals surface area (Å²) in [5.74, 6) is 1.18. The van der Waals surface area contributed by atoms with Gasteiger partial charge in [-0.1, -0.05) is 18.2 Å². The lowest BCUT2D eigenvalue weighted by Gasteiger charge is -2.38. The van der Waals surface area contributed by atoms with Crippen molar-refractivity contribution in [2.75, 3.05) is 18.8 Å². The molecule has 1 aromatic carbocycles. The smallest absolute Gasteiger partial charge is 0.231 e. The van der Waals surface area contributed by atoms with Crippen LogP contribution < -0.4 is 5.73 Å². The van der Waals surface area contributed by atoms with Gasteiger partial charge in [0, 0.05) is 29.8 Å². The Bertz CT molecular complexity index is 429. The van der Waals surface area contributed by atoms with Crippen LogP contribution in [0, 0.1) is 0 Å². The first-order valence-corrected chi connectivity index (χ1v) is 6.50. The summed E-state index contributed by atoms with van der Waals surface area (Å²) < 4.78 is 0. The molecule has 1 aromatic rings. The van der Waals surface area contributed by atoms with Gasteiger partial charge in [-0.3, -0.25) is 4.79 Å². The SMILES string of the molecule is NC1CN(C(=O)C2CSc3ccccc32)C1. The van der Waals surface area contributed by atoms with Crippen molar-refractivity contribution in [3.05, 3.63) is 29.8 Å². The van der Waals surface area contributed by atoms with Crippen LogP contribution >= 0.6 is 11.8 Å². The first-order valence-electron chi connectivity index (χ1n) is 5.52. The Morgan fingerprint density at radius 2 is 2.12 bits per heavy atom. The molecule has 0 radical (unpaired) electrons. The van der Waals surface area contributed by atoms with Crippen LogP contribution in [0.15, 0.2) is 29.2 Å². The fourth-order valence-electron chi connectivity index (χ4n) is 2.28. The number of hydrogen-bond donors (Lipinski definition) is 1. The second-order valence-electron chi connectivity index (χ2n) is 4.40. The Morgan fingerprint density at radius 3 is 2.88 bits per heavy atom. The minimum Gasteiger partial charge on any atom is -0.339 e. The highest BCUT2D eigenvalue weighted by molar-refractivity contribution is 7.99. The van der Waals surface area contributed by atoms with Crippen LogP contribution in [-0.2, 0) is 4.79 Å². The second-order valence-corrected chi connectivity index (χ2v) is 5.47. The number of nitrogens with two attached hydrogens (primary N) is 1. The summed E-state index contributed by atoms with van der Waals surface area (Å²) in [5.41, 5.74) is 6.89. The summed E-state index contributed by atoms with van der Waals surface area (Å²) in [7, 11) is 0. The van der Waals surface area contributed by atoms with E-state index in [1.807, 2.05) is 17.0 Å². The summed E-state index contributed by atoms with van der Waals surface area (Å²) in [4.78, 5) is 15.3. The first-order chi connectivity index (χ1) is 7.75. The predicted octanol–water partition coefficient (Wildman–Crippen LogP) is 1.05. The maximum absolute atomic E-state index is 12.2. The Kier molecular flexibility index (Phi) is 2.41. The molecule has 4 heteroatoms. The van der Waals surface area contributed by atoms with Gasteiger partial charge < -0.3 is 10.6 Å². The maximum atomic E-state index is 12.2. The van der Waals surface area contributed by atoms with Crippen LogP contribution in [0.1, 0.15) is 11.5 Å². The lowest BCUT2D eigenvalue weighted by atomic mass is 9.97. The number of rotatable bonds is 1. The van der Waals surface area contributed by atoms with E-state index in [9.17, 15) is 4.79 Å². The summed E-state index contributed by atoms with van der Waals surface area (Å²) in [6, 6.07) is 8.38. The van der Waals surface area contributed by atoms with Crippen LogP contribution in [0.25, 0.3) is 0 Å². The molecule has 1 unspecified atom stereocenters. The topological polar surface area (TPSA) is 46.3 Å². The standard InChI is InChI=1S/C12H14N2OS/c13-8-5-14(6-8)12(15)10-7-16-11-4-2-1-3-9(10)11/h1-4,8,10H,5-7,13H2. The summed E-state index contributed by atoms with van der Waals surface area (Å²) in [6.07, 6.45) is 0. The predicted molar refractivity (Wildman–Crippen MR) is 64.5 cm³/mol. The maximum Gasteiger partial charge on any atom is 0.231 e. The minimum absolute atomic E-state index is 0.0497. The van der Waals surface area contributed by atoms with Crippen LogP contribution in [0.3, 0.4) is 0 Å². The van der Waals surface area contributed by atoms with Crippen molar-refractivity contribution in [1.82, 2.24) is 4.90 Å². The molecule has 1 saturated heterocycles. The second kappa shape index (κ2) is 3.79. The zero-order valence-electron chi connectivity index (χ0n) is 8.93. The highest BCUT2D eigenvalue weighted by Crippen LogP contribution is 2.40. The Balaban J connectivity index is 1.80. The molecule has 0 saturated carbocycles. The molecule has 3 nitrogen and oxygen atoms in total. The number of amides is 1. The lowest BCUT2D eigenvalue weighted by Crippen LogP contribution is -2.58. The average Bonchev–Trinajstić information content (AvgIpc) is 2.67. The molecule has 16 heavy (non-hydrogen) atoms. The van der Waals surface area contributed by atoms with Gasteiger partial charge in [0.15, 0.2) is 0 Å². The number of hydrogen-bond acceptors (Lipinski definition) is 3. The highest BCUT2D eigenvalue weighted by atomic mass is 32.2.